The molecule has 0 radical (unpaired) electrons. The van der Waals surface area contributed by atoms with Crippen LogP contribution in [0.2, 0.25) is 10.0 Å². The molecule has 106 valence electrons. The van der Waals surface area contributed by atoms with E-state index in [-0.39, 0.29) is 6.04 Å². The second kappa shape index (κ2) is 6.49. The Morgan fingerprint density at radius 1 is 1.15 bits per heavy atom. The first-order valence-electron chi connectivity index (χ1n) is 6.40. The molecule has 0 fully saturated rings. The highest BCUT2D eigenvalue weighted by Crippen LogP contribution is 2.27. The van der Waals surface area contributed by atoms with Crippen molar-refractivity contribution in [2.75, 3.05) is 0 Å². The Labute approximate surface area is 129 Å². The number of ether oxygens (including phenoxy) is 1. The van der Waals surface area contributed by atoms with Crippen LogP contribution in [0.3, 0.4) is 0 Å². The minimum Gasteiger partial charge on any atom is -0.488 e. The number of halogens is 2. The number of nitrogens with two attached hydrogens (primary N) is 1. The molecule has 2 rings (SSSR count). The van der Waals surface area contributed by atoms with Crippen LogP contribution in [0, 0.1) is 6.92 Å². The van der Waals surface area contributed by atoms with Gasteiger partial charge >= 0.3 is 0 Å². The van der Waals surface area contributed by atoms with Crippen molar-refractivity contribution in [1.82, 2.24) is 0 Å². The summed E-state index contributed by atoms with van der Waals surface area (Å²) in [6, 6.07) is 11.3. The van der Waals surface area contributed by atoms with Crippen molar-refractivity contribution < 1.29 is 4.74 Å². The second-order valence-corrected chi connectivity index (χ2v) is 5.70. The van der Waals surface area contributed by atoms with Crippen LogP contribution in [-0.2, 0) is 6.61 Å². The maximum Gasteiger partial charge on any atom is 0.124 e. The summed E-state index contributed by atoms with van der Waals surface area (Å²) in [5.41, 5.74) is 8.97. The van der Waals surface area contributed by atoms with E-state index < -0.39 is 0 Å². The van der Waals surface area contributed by atoms with Gasteiger partial charge in [0.05, 0.1) is 0 Å². The molecule has 1 unspecified atom stereocenters. The Hall–Kier alpha value is -1.22. The molecule has 2 aromatic rings. The van der Waals surface area contributed by atoms with Crippen LogP contribution < -0.4 is 10.5 Å². The lowest BCUT2D eigenvalue weighted by Gasteiger charge is -2.15. The van der Waals surface area contributed by atoms with Crippen LogP contribution in [0.15, 0.2) is 36.4 Å². The molecule has 20 heavy (non-hydrogen) atoms. The van der Waals surface area contributed by atoms with Gasteiger partial charge in [0.25, 0.3) is 0 Å². The molecule has 0 amide bonds. The number of hydrogen-bond acceptors (Lipinski definition) is 2. The zero-order valence-corrected chi connectivity index (χ0v) is 13.0. The van der Waals surface area contributed by atoms with E-state index in [2.05, 4.69) is 0 Å². The summed E-state index contributed by atoms with van der Waals surface area (Å²) in [6.45, 7) is 4.35. The first kappa shape index (κ1) is 15.2. The minimum atomic E-state index is -0.0775. The molecule has 1 atom stereocenters. The fraction of sp³-hybridized carbons (Fsp3) is 0.250. The number of aryl methyl sites for hydroxylation is 1. The zero-order chi connectivity index (χ0) is 14.7. The van der Waals surface area contributed by atoms with Gasteiger partial charge in [-0.15, -0.1) is 0 Å². The topological polar surface area (TPSA) is 35.2 Å². The third-order valence-electron chi connectivity index (χ3n) is 3.06. The van der Waals surface area contributed by atoms with Crippen molar-refractivity contribution in [1.29, 1.82) is 0 Å². The molecule has 0 heterocycles. The average molecular weight is 310 g/mol. The SMILES string of the molecule is Cc1ccc(C(C)N)c(OCc2ccc(Cl)cc2Cl)c1. The van der Waals surface area contributed by atoms with Gasteiger partial charge in [-0.2, -0.15) is 0 Å². The second-order valence-electron chi connectivity index (χ2n) is 4.85. The molecule has 0 bridgehead atoms. The van der Waals surface area contributed by atoms with E-state index in [0.29, 0.717) is 16.7 Å². The number of rotatable bonds is 4. The fourth-order valence-electron chi connectivity index (χ4n) is 1.94. The van der Waals surface area contributed by atoms with Crippen LogP contribution in [0.5, 0.6) is 5.75 Å². The highest BCUT2D eigenvalue weighted by atomic mass is 35.5. The highest BCUT2D eigenvalue weighted by Gasteiger charge is 2.09. The van der Waals surface area contributed by atoms with Gasteiger partial charge in [0.2, 0.25) is 0 Å². The molecule has 4 heteroatoms. The Morgan fingerprint density at radius 2 is 1.90 bits per heavy atom. The molecule has 0 aliphatic heterocycles. The monoisotopic (exact) mass is 309 g/mol. The Kier molecular flexibility index (Phi) is 4.92. The largest absolute Gasteiger partial charge is 0.488 e. The molecule has 0 aromatic heterocycles. The minimum absolute atomic E-state index is 0.0775. The van der Waals surface area contributed by atoms with Crippen molar-refractivity contribution in [2.45, 2.75) is 26.5 Å². The molecule has 2 N–H and O–H groups in total. The molecule has 0 aliphatic carbocycles. The van der Waals surface area contributed by atoms with Gasteiger partial charge in [-0.05, 0) is 37.6 Å². The van der Waals surface area contributed by atoms with Gasteiger partial charge in [-0.3, -0.25) is 0 Å². The normalized spacial score (nSPS) is 12.2. The maximum absolute atomic E-state index is 6.14. The summed E-state index contributed by atoms with van der Waals surface area (Å²) < 4.78 is 5.88. The predicted octanol–water partition coefficient (Wildman–Crippen LogP) is 4.90. The van der Waals surface area contributed by atoms with Gasteiger partial charge in [-0.25, -0.2) is 0 Å². The van der Waals surface area contributed by atoms with E-state index in [1.54, 1.807) is 12.1 Å². The standard InChI is InChI=1S/C16H17Cl2NO/c1-10-3-6-14(11(2)19)16(7-10)20-9-12-4-5-13(17)8-15(12)18/h3-8,11H,9,19H2,1-2H3. The third-order valence-corrected chi connectivity index (χ3v) is 3.64. The maximum atomic E-state index is 6.14. The summed E-state index contributed by atoms with van der Waals surface area (Å²) in [5.74, 6) is 0.797. The Balaban J connectivity index is 2.20. The number of hydrogen-bond donors (Lipinski definition) is 1. The van der Waals surface area contributed by atoms with Crippen molar-refractivity contribution in [3.63, 3.8) is 0 Å². The van der Waals surface area contributed by atoms with Crippen LogP contribution in [0.1, 0.15) is 29.7 Å². The smallest absolute Gasteiger partial charge is 0.124 e. The van der Waals surface area contributed by atoms with Gasteiger partial charge in [0.15, 0.2) is 0 Å². The van der Waals surface area contributed by atoms with Crippen molar-refractivity contribution in [3.8, 4) is 5.75 Å². The lowest BCUT2D eigenvalue weighted by molar-refractivity contribution is 0.301. The molecular weight excluding hydrogens is 293 g/mol. The number of benzene rings is 2. The highest BCUT2D eigenvalue weighted by molar-refractivity contribution is 6.35. The van der Waals surface area contributed by atoms with E-state index in [1.165, 1.54) is 0 Å². The molecule has 0 saturated heterocycles. The van der Waals surface area contributed by atoms with Gasteiger partial charge in [-0.1, -0.05) is 41.4 Å². The van der Waals surface area contributed by atoms with Crippen molar-refractivity contribution >= 4 is 23.2 Å². The third kappa shape index (κ3) is 3.66. The van der Waals surface area contributed by atoms with Gasteiger partial charge in [0, 0.05) is 27.2 Å². The molecule has 2 aromatic carbocycles. The first-order valence-corrected chi connectivity index (χ1v) is 7.16. The first-order chi connectivity index (χ1) is 9.47. The van der Waals surface area contributed by atoms with E-state index >= 15 is 0 Å². The Bertz CT molecular complexity index is 611. The fourth-order valence-corrected chi connectivity index (χ4v) is 2.40. The summed E-state index contributed by atoms with van der Waals surface area (Å²) in [5, 5.41) is 1.22. The van der Waals surface area contributed by atoms with Crippen molar-refractivity contribution in [3.05, 3.63) is 63.1 Å². The zero-order valence-electron chi connectivity index (χ0n) is 11.5. The van der Waals surface area contributed by atoms with Crippen LogP contribution in [-0.4, -0.2) is 0 Å². The predicted molar refractivity (Wildman–Crippen MR) is 84.6 cm³/mol. The van der Waals surface area contributed by atoms with Crippen LogP contribution in [0.25, 0.3) is 0 Å². The van der Waals surface area contributed by atoms with Crippen LogP contribution in [0.4, 0.5) is 0 Å². The summed E-state index contributed by atoms with van der Waals surface area (Å²) in [4.78, 5) is 0. The summed E-state index contributed by atoms with van der Waals surface area (Å²) in [7, 11) is 0. The van der Waals surface area contributed by atoms with Crippen LogP contribution >= 0.6 is 23.2 Å². The molecular formula is C16H17Cl2NO. The van der Waals surface area contributed by atoms with Gasteiger partial charge < -0.3 is 10.5 Å². The quantitative estimate of drug-likeness (QED) is 0.871. The van der Waals surface area contributed by atoms with E-state index in [1.807, 2.05) is 38.1 Å². The average Bonchev–Trinajstić information content (AvgIpc) is 2.37. The molecule has 0 saturated carbocycles. The van der Waals surface area contributed by atoms with E-state index in [0.717, 1.165) is 22.4 Å². The summed E-state index contributed by atoms with van der Waals surface area (Å²) >= 11 is 12.0. The van der Waals surface area contributed by atoms with E-state index in [4.69, 9.17) is 33.7 Å². The summed E-state index contributed by atoms with van der Waals surface area (Å²) in [6.07, 6.45) is 0. The van der Waals surface area contributed by atoms with E-state index in [9.17, 15) is 0 Å². The molecule has 0 spiro atoms. The lowest BCUT2D eigenvalue weighted by atomic mass is 10.1. The molecule has 2 nitrogen and oxygen atoms in total. The van der Waals surface area contributed by atoms with Crippen molar-refractivity contribution in [2.24, 2.45) is 5.73 Å². The molecule has 0 aliphatic rings. The lowest BCUT2D eigenvalue weighted by Crippen LogP contribution is -2.08. The Morgan fingerprint density at radius 3 is 2.55 bits per heavy atom. The van der Waals surface area contributed by atoms with Gasteiger partial charge in [0.1, 0.15) is 12.4 Å².